The summed E-state index contributed by atoms with van der Waals surface area (Å²) in [5.41, 5.74) is 1.35. The number of hydrogen-bond donors (Lipinski definition) is 2. The van der Waals surface area contributed by atoms with E-state index in [1.807, 2.05) is 6.07 Å². The summed E-state index contributed by atoms with van der Waals surface area (Å²) in [6.07, 6.45) is 1.65. The molecule has 0 radical (unpaired) electrons. The number of anilines is 1. The van der Waals surface area contributed by atoms with Crippen LogP contribution in [-0.4, -0.2) is 27.7 Å². The van der Waals surface area contributed by atoms with Gasteiger partial charge in [0.25, 0.3) is 11.6 Å². The smallest absolute Gasteiger partial charge is 0.293 e. The maximum absolute atomic E-state index is 11.5. The molecule has 110 valence electrons. The van der Waals surface area contributed by atoms with Crippen LogP contribution < -0.4 is 10.6 Å². The third-order valence-electron chi connectivity index (χ3n) is 3.07. The fourth-order valence-electron chi connectivity index (χ4n) is 1.88. The van der Waals surface area contributed by atoms with Crippen molar-refractivity contribution in [1.82, 2.24) is 15.1 Å². The number of aryl methyl sites for hydroxylation is 1. The molecule has 1 heterocycles. The molecule has 0 aliphatic heterocycles. The van der Waals surface area contributed by atoms with Crippen LogP contribution in [-0.2, 0) is 13.6 Å². The zero-order valence-electron chi connectivity index (χ0n) is 11.7. The SMILES string of the molecule is CNC(=O)c1ccc(NCc2ccnn2C)c([N+](=O)[O-])c1. The number of rotatable bonds is 5. The number of carbonyl (C=O) groups excluding carboxylic acids is 1. The third kappa shape index (κ3) is 3.16. The van der Waals surface area contributed by atoms with Crippen molar-refractivity contribution in [3.8, 4) is 0 Å². The maximum Gasteiger partial charge on any atom is 0.293 e. The first-order valence-corrected chi connectivity index (χ1v) is 6.24. The summed E-state index contributed by atoms with van der Waals surface area (Å²) in [7, 11) is 3.27. The maximum atomic E-state index is 11.5. The van der Waals surface area contributed by atoms with Crippen LogP contribution in [0.25, 0.3) is 0 Å². The summed E-state index contributed by atoms with van der Waals surface area (Å²) in [6, 6.07) is 6.14. The van der Waals surface area contributed by atoms with Crippen molar-refractivity contribution < 1.29 is 9.72 Å². The minimum Gasteiger partial charge on any atom is -0.374 e. The zero-order valence-corrected chi connectivity index (χ0v) is 11.7. The highest BCUT2D eigenvalue weighted by Gasteiger charge is 2.17. The Balaban J connectivity index is 2.24. The lowest BCUT2D eigenvalue weighted by molar-refractivity contribution is -0.384. The summed E-state index contributed by atoms with van der Waals surface area (Å²) in [5.74, 6) is -0.365. The molecule has 0 saturated carbocycles. The number of nitrogens with one attached hydrogen (secondary N) is 2. The predicted molar refractivity (Wildman–Crippen MR) is 77.0 cm³/mol. The van der Waals surface area contributed by atoms with Gasteiger partial charge >= 0.3 is 0 Å². The molecule has 1 amide bonds. The summed E-state index contributed by atoms with van der Waals surface area (Å²) in [6.45, 7) is 0.399. The van der Waals surface area contributed by atoms with Gasteiger partial charge < -0.3 is 10.6 Å². The Hall–Kier alpha value is -2.90. The Labute approximate surface area is 120 Å². The van der Waals surface area contributed by atoms with Gasteiger partial charge in [-0.3, -0.25) is 19.6 Å². The van der Waals surface area contributed by atoms with Crippen LogP contribution in [0.2, 0.25) is 0 Å². The Kier molecular flexibility index (Phi) is 4.17. The first kappa shape index (κ1) is 14.5. The number of nitrogens with zero attached hydrogens (tertiary/aromatic N) is 3. The first-order valence-electron chi connectivity index (χ1n) is 6.24. The minimum atomic E-state index is -0.516. The van der Waals surface area contributed by atoms with Gasteiger partial charge in [-0.1, -0.05) is 0 Å². The van der Waals surface area contributed by atoms with Gasteiger partial charge in [-0.05, 0) is 18.2 Å². The summed E-state index contributed by atoms with van der Waals surface area (Å²) >= 11 is 0. The van der Waals surface area contributed by atoms with Gasteiger partial charge in [-0.25, -0.2) is 0 Å². The van der Waals surface area contributed by atoms with Crippen molar-refractivity contribution in [3.05, 3.63) is 51.8 Å². The van der Waals surface area contributed by atoms with Crippen molar-refractivity contribution in [1.29, 1.82) is 0 Å². The third-order valence-corrected chi connectivity index (χ3v) is 3.07. The van der Waals surface area contributed by atoms with Crippen LogP contribution in [0.15, 0.2) is 30.5 Å². The number of carbonyl (C=O) groups is 1. The molecule has 8 nitrogen and oxygen atoms in total. The molecule has 0 aliphatic rings. The van der Waals surface area contributed by atoms with E-state index in [9.17, 15) is 14.9 Å². The van der Waals surface area contributed by atoms with Crippen LogP contribution >= 0.6 is 0 Å². The molecule has 0 atom stereocenters. The Bertz CT molecular complexity index is 680. The van der Waals surface area contributed by atoms with Gasteiger partial charge in [0, 0.05) is 31.9 Å². The lowest BCUT2D eigenvalue weighted by Crippen LogP contribution is -2.18. The van der Waals surface area contributed by atoms with Crippen LogP contribution in [0.4, 0.5) is 11.4 Å². The summed E-state index contributed by atoms with van der Waals surface area (Å²) in [5, 5.41) is 20.6. The molecule has 0 aliphatic carbocycles. The molecule has 8 heteroatoms. The highest BCUT2D eigenvalue weighted by Crippen LogP contribution is 2.26. The lowest BCUT2D eigenvalue weighted by Gasteiger charge is -2.08. The second-order valence-corrected chi connectivity index (χ2v) is 4.37. The standard InChI is InChI=1S/C13H15N5O3/c1-14-13(19)9-3-4-11(12(7-9)18(20)21)15-8-10-5-6-16-17(10)2/h3-7,15H,8H2,1-2H3,(H,14,19). The number of benzene rings is 1. The molecule has 0 spiro atoms. The normalized spacial score (nSPS) is 10.2. The van der Waals surface area contributed by atoms with Crippen molar-refractivity contribution in [2.75, 3.05) is 12.4 Å². The van der Waals surface area contributed by atoms with Crippen molar-refractivity contribution in [3.63, 3.8) is 0 Å². The van der Waals surface area contributed by atoms with Gasteiger partial charge in [0.2, 0.25) is 0 Å². The van der Waals surface area contributed by atoms with Crippen molar-refractivity contribution in [2.24, 2.45) is 7.05 Å². The van der Waals surface area contributed by atoms with Gasteiger partial charge in [-0.2, -0.15) is 5.10 Å². The average molecular weight is 289 g/mol. The van der Waals surface area contributed by atoms with E-state index in [4.69, 9.17) is 0 Å². The van der Waals surface area contributed by atoms with Crippen LogP contribution in [0, 0.1) is 10.1 Å². The van der Waals surface area contributed by atoms with E-state index in [1.165, 1.54) is 25.2 Å². The van der Waals surface area contributed by atoms with Gasteiger partial charge in [-0.15, -0.1) is 0 Å². The lowest BCUT2D eigenvalue weighted by atomic mass is 10.1. The summed E-state index contributed by atoms with van der Waals surface area (Å²) in [4.78, 5) is 22.1. The molecule has 0 unspecified atom stereocenters. The van der Waals surface area contributed by atoms with E-state index in [0.717, 1.165) is 5.69 Å². The molecule has 0 saturated heterocycles. The molecule has 21 heavy (non-hydrogen) atoms. The second kappa shape index (κ2) is 6.04. The quantitative estimate of drug-likeness (QED) is 0.638. The molecule has 2 N–H and O–H groups in total. The van der Waals surface area contributed by atoms with Crippen LogP contribution in [0.1, 0.15) is 16.1 Å². The van der Waals surface area contributed by atoms with Gasteiger partial charge in [0.1, 0.15) is 5.69 Å². The number of nitro benzene ring substituents is 1. The number of hydrogen-bond acceptors (Lipinski definition) is 5. The highest BCUT2D eigenvalue weighted by molar-refractivity contribution is 5.95. The topological polar surface area (TPSA) is 102 Å². The molecule has 0 fully saturated rings. The molecular weight excluding hydrogens is 274 g/mol. The molecular formula is C13H15N5O3. The Morgan fingerprint density at radius 3 is 2.76 bits per heavy atom. The van der Waals surface area contributed by atoms with Crippen LogP contribution in [0.3, 0.4) is 0 Å². The van der Waals surface area contributed by atoms with E-state index < -0.39 is 4.92 Å². The largest absolute Gasteiger partial charge is 0.374 e. The van der Waals surface area contributed by atoms with Gasteiger partial charge in [0.05, 0.1) is 17.2 Å². The molecule has 2 aromatic rings. The molecule has 1 aromatic carbocycles. The van der Waals surface area contributed by atoms with Gasteiger partial charge in [0.15, 0.2) is 0 Å². The average Bonchev–Trinajstić information content (AvgIpc) is 2.89. The van der Waals surface area contributed by atoms with Crippen molar-refractivity contribution >= 4 is 17.3 Å². The first-order chi connectivity index (χ1) is 10.0. The minimum absolute atomic E-state index is 0.140. The number of aromatic nitrogens is 2. The van der Waals surface area contributed by atoms with E-state index >= 15 is 0 Å². The zero-order chi connectivity index (χ0) is 15.4. The van der Waals surface area contributed by atoms with Crippen molar-refractivity contribution in [2.45, 2.75) is 6.54 Å². The van der Waals surface area contributed by atoms with E-state index in [0.29, 0.717) is 12.2 Å². The second-order valence-electron chi connectivity index (χ2n) is 4.37. The molecule has 2 rings (SSSR count). The fourth-order valence-corrected chi connectivity index (χ4v) is 1.88. The van der Waals surface area contributed by atoms with E-state index in [2.05, 4.69) is 15.7 Å². The summed E-state index contributed by atoms with van der Waals surface area (Å²) < 4.78 is 1.68. The number of amides is 1. The Morgan fingerprint density at radius 1 is 1.43 bits per heavy atom. The fraction of sp³-hybridized carbons (Fsp3) is 0.231. The molecule has 0 bridgehead atoms. The highest BCUT2D eigenvalue weighted by atomic mass is 16.6. The Morgan fingerprint density at radius 2 is 2.19 bits per heavy atom. The predicted octanol–water partition coefficient (Wildman–Crippen LogP) is 1.30. The van der Waals surface area contributed by atoms with E-state index in [1.54, 1.807) is 17.9 Å². The van der Waals surface area contributed by atoms with E-state index in [-0.39, 0.29) is 17.2 Å². The number of nitro groups is 1. The molecule has 1 aromatic heterocycles. The van der Waals surface area contributed by atoms with Crippen LogP contribution in [0.5, 0.6) is 0 Å². The monoisotopic (exact) mass is 289 g/mol.